The van der Waals surface area contributed by atoms with Crippen molar-refractivity contribution in [3.63, 3.8) is 0 Å². The second-order valence-electron chi connectivity index (χ2n) is 4.10. The zero-order chi connectivity index (χ0) is 12.0. The van der Waals surface area contributed by atoms with Gasteiger partial charge in [-0.1, -0.05) is 13.0 Å². The normalized spacial score (nSPS) is 10.5. The van der Waals surface area contributed by atoms with Crippen LogP contribution in [0.3, 0.4) is 0 Å². The Hall–Kier alpha value is -1.09. The van der Waals surface area contributed by atoms with Gasteiger partial charge < -0.3 is 10.2 Å². The van der Waals surface area contributed by atoms with Crippen LogP contribution < -0.4 is 10.2 Å². The number of aryl methyl sites for hydroxylation is 1. The molecular formula is C13H23N3. The smallest absolute Gasteiger partial charge is 0.128 e. The quantitative estimate of drug-likeness (QED) is 0.747. The number of aromatic nitrogens is 1. The Morgan fingerprint density at radius 2 is 2.06 bits per heavy atom. The van der Waals surface area contributed by atoms with Gasteiger partial charge in [0, 0.05) is 25.8 Å². The molecule has 0 saturated heterocycles. The summed E-state index contributed by atoms with van der Waals surface area (Å²) in [6.45, 7) is 9.36. The minimum Gasteiger partial charge on any atom is -0.360 e. The van der Waals surface area contributed by atoms with Crippen LogP contribution in [0.4, 0.5) is 5.82 Å². The highest BCUT2D eigenvalue weighted by Crippen LogP contribution is 2.13. The number of pyridine rings is 1. The molecule has 0 aliphatic carbocycles. The number of nitrogens with zero attached hydrogens (tertiary/aromatic N) is 2. The highest BCUT2D eigenvalue weighted by Gasteiger charge is 2.03. The first kappa shape index (κ1) is 13.0. The third-order valence-electron chi connectivity index (χ3n) is 2.79. The molecule has 3 heteroatoms. The van der Waals surface area contributed by atoms with E-state index in [1.807, 2.05) is 0 Å². The molecule has 0 atom stereocenters. The lowest BCUT2D eigenvalue weighted by Gasteiger charge is -2.17. The molecule has 3 nitrogen and oxygen atoms in total. The average molecular weight is 221 g/mol. The standard InChI is InChI=1S/C13H23N3/c1-5-9-14-10-12-7-8-13(15-11(12)3)16(4)6-2/h7-8,14H,5-6,9-10H2,1-4H3. The maximum absolute atomic E-state index is 4.61. The van der Waals surface area contributed by atoms with Crippen LogP contribution in [-0.4, -0.2) is 25.1 Å². The fourth-order valence-electron chi connectivity index (χ4n) is 1.54. The third kappa shape index (κ3) is 3.49. The maximum Gasteiger partial charge on any atom is 0.128 e. The summed E-state index contributed by atoms with van der Waals surface area (Å²) in [5, 5.41) is 3.40. The van der Waals surface area contributed by atoms with Gasteiger partial charge in [-0.3, -0.25) is 0 Å². The van der Waals surface area contributed by atoms with E-state index >= 15 is 0 Å². The fraction of sp³-hybridized carbons (Fsp3) is 0.615. The Morgan fingerprint density at radius 3 is 2.62 bits per heavy atom. The lowest BCUT2D eigenvalue weighted by molar-refractivity contribution is 0.670. The Labute approximate surface area is 98.9 Å². The van der Waals surface area contributed by atoms with E-state index in [4.69, 9.17) is 0 Å². The number of anilines is 1. The first-order valence-corrected chi connectivity index (χ1v) is 6.07. The Kier molecular flexibility index (Phi) is 5.26. The molecule has 0 unspecified atom stereocenters. The monoisotopic (exact) mass is 221 g/mol. The van der Waals surface area contributed by atoms with Crippen molar-refractivity contribution < 1.29 is 0 Å². The number of nitrogens with one attached hydrogen (secondary N) is 1. The predicted molar refractivity (Wildman–Crippen MR) is 69.9 cm³/mol. The number of hydrogen-bond acceptors (Lipinski definition) is 3. The zero-order valence-corrected chi connectivity index (χ0v) is 10.9. The minimum atomic E-state index is 0.919. The molecule has 0 fully saturated rings. The minimum absolute atomic E-state index is 0.919. The molecule has 16 heavy (non-hydrogen) atoms. The first-order chi connectivity index (χ1) is 7.69. The topological polar surface area (TPSA) is 28.2 Å². The average Bonchev–Trinajstić information content (AvgIpc) is 2.30. The van der Waals surface area contributed by atoms with Crippen molar-refractivity contribution >= 4 is 5.82 Å². The lowest BCUT2D eigenvalue weighted by Crippen LogP contribution is -2.19. The highest BCUT2D eigenvalue weighted by atomic mass is 15.2. The van der Waals surface area contributed by atoms with Gasteiger partial charge in [-0.05, 0) is 38.4 Å². The van der Waals surface area contributed by atoms with Crippen LogP contribution in [0.25, 0.3) is 0 Å². The van der Waals surface area contributed by atoms with E-state index in [-0.39, 0.29) is 0 Å². The first-order valence-electron chi connectivity index (χ1n) is 6.07. The van der Waals surface area contributed by atoms with Crippen molar-refractivity contribution in [1.29, 1.82) is 0 Å². The van der Waals surface area contributed by atoms with Gasteiger partial charge in [0.25, 0.3) is 0 Å². The van der Waals surface area contributed by atoms with Crippen LogP contribution in [0.15, 0.2) is 12.1 Å². The van der Waals surface area contributed by atoms with E-state index in [2.05, 4.69) is 55.2 Å². The van der Waals surface area contributed by atoms with Gasteiger partial charge in [0.1, 0.15) is 5.82 Å². The van der Waals surface area contributed by atoms with Gasteiger partial charge in [-0.15, -0.1) is 0 Å². The molecule has 0 spiro atoms. The zero-order valence-electron chi connectivity index (χ0n) is 10.9. The summed E-state index contributed by atoms with van der Waals surface area (Å²) in [7, 11) is 2.07. The maximum atomic E-state index is 4.61. The number of hydrogen-bond donors (Lipinski definition) is 1. The summed E-state index contributed by atoms with van der Waals surface area (Å²) in [6, 6.07) is 4.27. The summed E-state index contributed by atoms with van der Waals surface area (Å²) in [5.74, 6) is 1.05. The van der Waals surface area contributed by atoms with Crippen LogP contribution in [0.2, 0.25) is 0 Å². The third-order valence-corrected chi connectivity index (χ3v) is 2.79. The number of rotatable bonds is 6. The molecular weight excluding hydrogens is 198 g/mol. The molecule has 0 radical (unpaired) electrons. The molecule has 90 valence electrons. The molecule has 1 rings (SSSR count). The summed E-state index contributed by atoms with van der Waals surface area (Å²) in [6.07, 6.45) is 1.17. The summed E-state index contributed by atoms with van der Waals surface area (Å²) >= 11 is 0. The lowest BCUT2D eigenvalue weighted by atomic mass is 10.2. The van der Waals surface area contributed by atoms with Crippen molar-refractivity contribution in [2.45, 2.75) is 33.7 Å². The van der Waals surface area contributed by atoms with Gasteiger partial charge in [-0.25, -0.2) is 4.98 Å². The van der Waals surface area contributed by atoms with Crippen LogP contribution in [0.5, 0.6) is 0 Å². The van der Waals surface area contributed by atoms with Crippen LogP contribution in [-0.2, 0) is 6.54 Å². The van der Waals surface area contributed by atoms with Crippen molar-refractivity contribution in [1.82, 2.24) is 10.3 Å². The van der Waals surface area contributed by atoms with Gasteiger partial charge in [-0.2, -0.15) is 0 Å². The van der Waals surface area contributed by atoms with Gasteiger partial charge >= 0.3 is 0 Å². The van der Waals surface area contributed by atoms with Crippen molar-refractivity contribution in [2.75, 3.05) is 25.0 Å². The van der Waals surface area contributed by atoms with Crippen LogP contribution in [0.1, 0.15) is 31.5 Å². The molecule has 0 amide bonds. The summed E-state index contributed by atoms with van der Waals surface area (Å²) in [4.78, 5) is 6.76. The van der Waals surface area contributed by atoms with E-state index in [1.54, 1.807) is 0 Å². The van der Waals surface area contributed by atoms with Crippen LogP contribution in [0, 0.1) is 6.92 Å². The summed E-state index contributed by atoms with van der Waals surface area (Å²) in [5.41, 5.74) is 2.42. The highest BCUT2D eigenvalue weighted by molar-refractivity contribution is 5.40. The Balaban J connectivity index is 2.67. The van der Waals surface area contributed by atoms with Gasteiger partial charge in [0.2, 0.25) is 0 Å². The second-order valence-corrected chi connectivity index (χ2v) is 4.10. The molecule has 1 aromatic rings. The van der Waals surface area contributed by atoms with E-state index in [0.29, 0.717) is 0 Å². The van der Waals surface area contributed by atoms with E-state index in [1.165, 1.54) is 12.0 Å². The van der Waals surface area contributed by atoms with Gasteiger partial charge in [0.15, 0.2) is 0 Å². The SMILES string of the molecule is CCCNCc1ccc(N(C)CC)nc1C. The van der Waals surface area contributed by atoms with E-state index < -0.39 is 0 Å². The van der Waals surface area contributed by atoms with Crippen molar-refractivity contribution in [3.8, 4) is 0 Å². The fourth-order valence-corrected chi connectivity index (χ4v) is 1.54. The van der Waals surface area contributed by atoms with Gasteiger partial charge in [0.05, 0.1) is 0 Å². The Bertz CT molecular complexity index is 323. The molecule has 0 saturated carbocycles. The molecule has 0 aliphatic rings. The molecule has 0 aliphatic heterocycles. The van der Waals surface area contributed by atoms with Crippen LogP contribution >= 0.6 is 0 Å². The summed E-state index contributed by atoms with van der Waals surface area (Å²) < 4.78 is 0. The molecule has 1 aromatic heterocycles. The Morgan fingerprint density at radius 1 is 1.31 bits per heavy atom. The molecule has 1 N–H and O–H groups in total. The molecule has 0 bridgehead atoms. The van der Waals surface area contributed by atoms with E-state index in [0.717, 1.165) is 31.1 Å². The van der Waals surface area contributed by atoms with Crippen molar-refractivity contribution in [3.05, 3.63) is 23.4 Å². The molecule has 1 heterocycles. The molecule has 0 aromatic carbocycles. The largest absolute Gasteiger partial charge is 0.360 e. The van der Waals surface area contributed by atoms with E-state index in [9.17, 15) is 0 Å². The van der Waals surface area contributed by atoms with Crippen molar-refractivity contribution in [2.24, 2.45) is 0 Å². The second kappa shape index (κ2) is 6.48. The predicted octanol–water partition coefficient (Wildman–Crippen LogP) is 2.35.